The van der Waals surface area contributed by atoms with E-state index in [0.717, 1.165) is 36.4 Å². The number of unbranched alkanes of at least 4 members (excludes halogenated alkanes) is 1. The van der Waals surface area contributed by atoms with Gasteiger partial charge in [0.05, 0.1) is 27.9 Å². The maximum Gasteiger partial charge on any atom is 0.315 e. The first-order chi connectivity index (χ1) is 12.5. The van der Waals surface area contributed by atoms with Crippen molar-refractivity contribution in [2.75, 3.05) is 12.3 Å². The van der Waals surface area contributed by atoms with Crippen molar-refractivity contribution in [1.29, 1.82) is 0 Å². The number of amides is 3. The van der Waals surface area contributed by atoms with Gasteiger partial charge in [-0.25, -0.2) is 4.79 Å². The molecule has 0 aliphatic carbocycles. The average molecular weight is 491 g/mol. The van der Waals surface area contributed by atoms with Crippen LogP contribution in [0.5, 0.6) is 0 Å². The topological polar surface area (TPSA) is 88.1 Å². The van der Waals surface area contributed by atoms with Gasteiger partial charge >= 0.3 is 6.03 Å². The smallest absolute Gasteiger partial charge is 0.315 e. The summed E-state index contributed by atoms with van der Waals surface area (Å²) in [7, 11) is 0. The molecule has 144 valence electrons. The molecule has 2 saturated heterocycles. The third kappa shape index (κ3) is 4.65. The second-order valence-corrected chi connectivity index (χ2v) is 9.28. The van der Waals surface area contributed by atoms with Crippen molar-refractivity contribution in [2.24, 2.45) is 0 Å². The van der Waals surface area contributed by atoms with E-state index in [1.54, 1.807) is 0 Å². The van der Waals surface area contributed by atoms with Crippen LogP contribution >= 0.6 is 34.4 Å². The zero-order valence-corrected chi connectivity index (χ0v) is 18.2. The van der Waals surface area contributed by atoms with Crippen molar-refractivity contribution < 1.29 is 9.59 Å². The lowest BCUT2D eigenvalue weighted by molar-refractivity contribution is -0.121. The minimum Gasteiger partial charge on any atom is -0.354 e. The van der Waals surface area contributed by atoms with E-state index in [1.165, 1.54) is 3.57 Å². The number of nitrogens with zero attached hydrogens (tertiary/aromatic N) is 2. The van der Waals surface area contributed by atoms with Crippen LogP contribution in [0, 0.1) is 17.4 Å². The predicted molar refractivity (Wildman–Crippen MR) is 111 cm³/mol. The quantitative estimate of drug-likeness (QED) is 0.295. The number of rotatable bonds is 8. The molecule has 2 aliphatic heterocycles. The fourth-order valence-corrected chi connectivity index (χ4v) is 5.49. The molecule has 1 aromatic rings. The van der Waals surface area contributed by atoms with Crippen molar-refractivity contribution in [1.82, 2.24) is 25.7 Å². The van der Waals surface area contributed by atoms with Gasteiger partial charge in [0.2, 0.25) is 5.91 Å². The highest BCUT2D eigenvalue weighted by atomic mass is 127. The van der Waals surface area contributed by atoms with E-state index in [9.17, 15) is 9.59 Å². The molecule has 9 heteroatoms. The van der Waals surface area contributed by atoms with Crippen LogP contribution < -0.4 is 16.0 Å². The summed E-state index contributed by atoms with van der Waals surface area (Å²) >= 11 is 4.23. The molecule has 2 fully saturated rings. The Morgan fingerprint density at radius 1 is 1.38 bits per heavy atom. The maximum absolute atomic E-state index is 12.0. The number of aromatic nitrogens is 2. The number of carbonyl (C=O) groups excluding carboxylic acids is 2. The van der Waals surface area contributed by atoms with Crippen molar-refractivity contribution in [3.63, 3.8) is 0 Å². The highest BCUT2D eigenvalue weighted by molar-refractivity contribution is 14.1. The fraction of sp³-hybridized carbons (Fsp3) is 0.706. The number of thioether (sulfide) groups is 1. The number of nitrogens with one attached hydrogen (secondary N) is 3. The second kappa shape index (κ2) is 8.81. The predicted octanol–water partition coefficient (Wildman–Crippen LogP) is 1.95. The first-order valence-electron chi connectivity index (χ1n) is 9.10. The van der Waals surface area contributed by atoms with Crippen molar-refractivity contribution in [2.45, 2.75) is 63.4 Å². The van der Waals surface area contributed by atoms with E-state index in [2.05, 4.69) is 50.6 Å². The van der Waals surface area contributed by atoms with E-state index in [1.807, 2.05) is 23.4 Å². The number of aryl methyl sites for hydroxylation is 1. The number of carbonyl (C=O) groups is 2. The van der Waals surface area contributed by atoms with Gasteiger partial charge in [0.1, 0.15) is 0 Å². The SMILES string of the molecule is Cc1nn(CCNC(=O)CCCC[C@@H]2SC[C@@H]3NC(=O)N[C@@H]32)c(C)c1I. The Morgan fingerprint density at radius 3 is 2.92 bits per heavy atom. The molecule has 3 N–H and O–H groups in total. The summed E-state index contributed by atoms with van der Waals surface area (Å²) in [5.41, 5.74) is 2.19. The second-order valence-electron chi connectivity index (χ2n) is 6.93. The molecule has 0 spiro atoms. The normalized spacial score (nSPS) is 24.3. The molecule has 3 amide bonds. The van der Waals surface area contributed by atoms with E-state index in [0.29, 0.717) is 24.8 Å². The van der Waals surface area contributed by atoms with Crippen LogP contribution in [0.2, 0.25) is 0 Å². The molecule has 0 aromatic carbocycles. The van der Waals surface area contributed by atoms with Crippen molar-refractivity contribution >= 4 is 46.3 Å². The summed E-state index contributed by atoms with van der Waals surface area (Å²) in [6, 6.07) is 0.491. The van der Waals surface area contributed by atoms with Gasteiger partial charge in [0.25, 0.3) is 0 Å². The van der Waals surface area contributed by atoms with Gasteiger partial charge < -0.3 is 16.0 Å². The number of urea groups is 1. The van der Waals surface area contributed by atoms with Gasteiger partial charge in [-0.15, -0.1) is 0 Å². The third-order valence-corrected chi connectivity index (χ3v) is 8.09. The first kappa shape index (κ1) is 19.8. The zero-order valence-electron chi connectivity index (χ0n) is 15.2. The number of hydrogen-bond acceptors (Lipinski definition) is 4. The van der Waals surface area contributed by atoms with Crippen LogP contribution in [-0.4, -0.2) is 51.4 Å². The monoisotopic (exact) mass is 491 g/mol. The van der Waals surface area contributed by atoms with Crippen LogP contribution in [0.1, 0.15) is 37.1 Å². The molecule has 26 heavy (non-hydrogen) atoms. The minimum atomic E-state index is -0.0398. The van der Waals surface area contributed by atoms with Gasteiger partial charge in [-0.2, -0.15) is 16.9 Å². The first-order valence-corrected chi connectivity index (χ1v) is 11.2. The molecular formula is C17H26IN5O2S. The number of hydrogen-bond donors (Lipinski definition) is 3. The zero-order chi connectivity index (χ0) is 18.7. The molecule has 3 heterocycles. The van der Waals surface area contributed by atoms with Gasteiger partial charge in [0, 0.05) is 29.7 Å². The standard InChI is InChI=1S/C17H26IN5O2S/c1-10-15(18)11(2)23(22-10)8-7-19-14(24)6-4-3-5-13-16-12(9-26-13)20-17(25)21-16/h12-13,16H,3-9H2,1-2H3,(H,19,24)(H2,20,21,25)/t12-,13-,16-/m0/s1. The van der Waals surface area contributed by atoms with Crippen LogP contribution in [-0.2, 0) is 11.3 Å². The lowest BCUT2D eigenvalue weighted by Gasteiger charge is -2.16. The Labute approximate surface area is 171 Å². The summed E-state index contributed by atoms with van der Waals surface area (Å²) in [4.78, 5) is 23.4. The molecule has 0 unspecified atom stereocenters. The summed E-state index contributed by atoms with van der Waals surface area (Å²) < 4.78 is 3.14. The lowest BCUT2D eigenvalue weighted by atomic mass is 10.0. The van der Waals surface area contributed by atoms with Crippen LogP contribution in [0.3, 0.4) is 0 Å². The van der Waals surface area contributed by atoms with Crippen LogP contribution in [0.25, 0.3) is 0 Å². The van der Waals surface area contributed by atoms with Crippen molar-refractivity contribution in [3.8, 4) is 0 Å². The van der Waals surface area contributed by atoms with Crippen LogP contribution in [0.15, 0.2) is 0 Å². The molecule has 3 rings (SSSR count). The summed E-state index contributed by atoms with van der Waals surface area (Å²) in [6.45, 7) is 5.37. The molecule has 2 aliphatic rings. The Kier molecular flexibility index (Phi) is 6.70. The molecular weight excluding hydrogens is 465 g/mol. The van der Waals surface area contributed by atoms with Gasteiger partial charge in [-0.3, -0.25) is 9.48 Å². The molecule has 0 saturated carbocycles. The molecule has 0 bridgehead atoms. The lowest BCUT2D eigenvalue weighted by Crippen LogP contribution is -2.36. The highest BCUT2D eigenvalue weighted by Crippen LogP contribution is 2.33. The molecule has 7 nitrogen and oxygen atoms in total. The Bertz CT molecular complexity index is 680. The molecule has 3 atom stereocenters. The van der Waals surface area contributed by atoms with E-state index >= 15 is 0 Å². The number of halogens is 1. The highest BCUT2D eigenvalue weighted by Gasteiger charge is 2.42. The summed E-state index contributed by atoms with van der Waals surface area (Å²) in [5, 5.41) is 13.9. The maximum atomic E-state index is 12.0. The summed E-state index contributed by atoms with van der Waals surface area (Å²) in [5.74, 6) is 1.09. The Balaban J connectivity index is 1.29. The van der Waals surface area contributed by atoms with E-state index in [-0.39, 0.29) is 24.0 Å². The summed E-state index contributed by atoms with van der Waals surface area (Å²) in [6.07, 6.45) is 3.51. The van der Waals surface area contributed by atoms with Crippen LogP contribution in [0.4, 0.5) is 4.79 Å². The van der Waals surface area contributed by atoms with Gasteiger partial charge in [-0.05, 0) is 49.3 Å². The number of fused-ring (bicyclic) bond motifs is 1. The molecule has 1 aromatic heterocycles. The Hall–Kier alpha value is -0.970. The van der Waals surface area contributed by atoms with Gasteiger partial charge in [-0.1, -0.05) is 6.42 Å². The Morgan fingerprint density at radius 2 is 2.19 bits per heavy atom. The third-order valence-electron chi connectivity index (χ3n) is 5.02. The van der Waals surface area contributed by atoms with E-state index < -0.39 is 0 Å². The van der Waals surface area contributed by atoms with E-state index in [4.69, 9.17) is 0 Å². The van der Waals surface area contributed by atoms with Gasteiger partial charge in [0.15, 0.2) is 0 Å². The largest absolute Gasteiger partial charge is 0.354 e. The molecule has 0 radical (unpaired) electrons. The minimum absolute atomic E-state index is 0.0398. The fourth-order valence-electron chi connectivity index (χ4n) is 3.56. The average Bonchev–Trinajstić information content (AvgIpc) is 3.22. The van der Waals surface area contributed by atoms with Crippen molar-refractivity contribution in [3.05, 3.63) is 15.0 Å².